The zero-order valence-corrected chi connectivity index (χ0v) is 10.8. The summed E-state index contributed by atoms with van der Waals surface area (Å²) < 4.78 is 5.49. The number of anilines is 2. The first-order chi connectivity index (χ1) is 9.61. The molecule has 0 fully saturated rings. The van der Waals surface area contributed by atoms with Gasteiger partial charge < -0.3 is 9.73 Å². The highest BCUT2D eigenvalue weighted by Gasteiger charge is 2.08. The predicted octanol–water partition coefficient (Wildman–Crippen LogP) is 4.13. The van der Waals surface area contributed by atoms with Gasteiger partial charge >= 0.3 is 0 Å². The van der Waals surface area contributed by atoms with E-state index >= 15 is 0 Å². The van der Waals surface area contributed by atoms with Crippen LogP contribution >= 0.6 is 11.6 Å². The lowest BCUT2D eigenvalue weighted by Gasteiger charge is -2.00. The van der Waals surface area contributed by atoms with Crippen molar-refractivity contribution in [1.82, 2.24) is 4.98 Å². The van der Waals surface area contributed by atoms with Crippen molar-refractivity contribution in [2.45, 2.75) is 0 Å². The SMILES string of the molecule is O=[N+]([O-])c1ccc(Nc2nc3cc(Cl)ccc3o2)cc1. The fourth-order valence-corrected chi connectivity index (χ4v) is 1.91. The van der Waals surface area contributed by atoms with Crippen molar-refractivity contribution in [2.75, 3.05) is 5.32 Å². The summed E-state index contributed by atoms with van der Waals surface area (Å²) >= 11 is 5.87. The van der Waals surface area contributed by atoms with Crippen LogP contribution in [-0.4, -0.2) is 9.91 Å². The first-order valence-electron chi connectivity index (χ1n) is 5.69. The Morgan fingerprint density at radius 3 is 2.65 bits per heavy atom. The molecule has 0 unspecified atom stereocenters. The third-order valence-electron chi connectivity index (χ3n) is 2.68. The van der Waals surface area contributed by atoms with Gasteiger partial charge in [-0.05, 0) is 30.3 Å². The molecule has 3 aromatic rings. The maximum Gasteiger partial charge on any atom is 0.300 e. The van der Waals surface area contributed by atoms with Gasteiger partial charge in [0.15, 0.2) is 5.58 Å². The van der Waals surface area contributed by atoms with Crippen LogP contribution < -0.4 is 5.32 Å². The number of non-ortho nitro benzene ring substituents is 1. The molecule has 0 aliphatic carbocycles. The van der Waals surface area contributed by atoms with Crippen molar-refractivity contribution in [2.24, 2.45) is 0 Å². The molecule has 3 rings (SSSR count). The Labute approximate surface area is 118 Å². The molecule has 1 heterocycles. The predicted molar refractivity (Wildman–Crippen MR) is 75.4 cm³/mol. The Morgan fingerprint density at radius 2 is 1.95 bits per heavy atom. The van der Waals surface area contributed by atoms with Gasteiger partial charge in [-0.2, -0.15) is 4.98 Å². The van der Waals surface area contributed by atoms with Gasteiger partial charge in [-0.3, -0.25) is 10.1 Å². The number of nitro groups is 1. The van der Waals surface area contributed by atoms with Crippen molar-refractivity contribution < 1.29 is 9.34 Å². The minimum atomic E-state index is -0.453. The summed E-state index contributed by atoms with van der Waals surface area (Å²) in [6.45, 7) is 0. The van der Waals surface area contributed by atoms with Gasteiger partial charge in [0.25, 0.3) is 11.7 Å². The molecule has 0 aliphatic heterocycles. The maximum absolute atomic E-state index is 10.6. The summed E-state index contributed by atoms with van der Waals surface area (Å²) in [5, 5.41) is 14.1. The second kappa shape index (κ2) is 4.82. The summed E-state index contributed by atoms with van der Waals surface area (Å²) in [4.78, 5) is 14.3. The molecule has 20 heavy (non-hydrogen) atoms. The Morgan fingerprint density at radius 1 is 1.20 bits per heavy atom. The Bertz CT molecular complexity index is 783. The molecule has 7 heteroatoms. The van der Waals surface area contributed by atoms with Crippen LogP contribution in [0.5, 0.6) is 0 Å². The first kappa shape index (κ1) is 12.4. The molecule has 100 valence electrons. The lowest BCUT2D eigenvalue weighted by Crippen LogP contribution is -1.91. The molecule has 0 saturated carbocycles. The number of oxazole rings is 1. The second-order valence-electron chi connectivity index (χ2n) is 4.06. The smallest absolute Gasteiger partial charge is 0.300 e. The maximum atomic E-state index is 10.6. The number of aromatic nitrogens is 1. The van der Waals surface area contributed by atoms with Crippen molar-refractivity contribution in [1.29, 1.82) is 0 Å². The number of nitrogens with zero attached hydrogens (tertiary/aromatic N) is 2. The van der Waals surface area contributed by atoms with Gasteiger partial charge in [0.05, 0.1) is 4.92 Å². The molecule has 0 spiro atoms. The summed E-state index contributed by atoms with van der Waals surface area (Å²) in [5.74, 6) is 0. The molecule has 0 atom stereocenters. The lowest BCUT2D eigenvalue weighted by molar-refractivity contribution is -0.384. The van der Waals surface area contributed by atoms with E-state index in [1.807, 2.05) is 0 Å². The molecule has 0 saturated heterocycles. The number of benzene rings is 2. The van der Waals surface area contributed by atoms with E-state index in [-0.39, 0.29) is 5.69 Å². The van der Waals surface area contributed by atoms with Crippen LogP contribution in [0.25, 0.3) is 11.1 Å². The van der Waals surface area contributed by atoms with E-state index in [4.69, 9.17) is 16.0 Å². The van der Waals surface area contributed by atoms with Crippen molar-refractivity contribution in [3.05, 3.63) is 57.6 Å². The van der Waals surface area contributed by atoms with Crippen molar-refractivity contribution in [3.8, 4) is 0 Å². The van der Waals surface area contributed by atoms with Gasteiger partial charge in [0.1, 0.15) is 5.52 Å². The Hall–Kier alpha value is -2.60. The third-order valence-corrected chi connectivity index (χ3v) is 2.91. The molecule has 1 aromatic heterocycles. The molecular formula is C13H8ClN3O3. The summed E-state index contributed by atoms with van der Waals surface area (Å²) in [7, 11) is 0. The number of hydrogen-bond donors (Lipinski definition) is 1. The van der Waals surface area contributed by atoms with Crippen LogP contribution in [0.2, 0.25) is 5.02 Å². The van der Waals surface area contributed by atoms with Crippen LogP contribution in [0.3, 0.4) is 0 Å². The minimum Gasteiger partial charge on any atom is -0.423 e. The molecule has 0 bridgehead atoms. The molecule has 1 N–H and O–H groups in total. The average Bonchev–Trinajstić information content (AvgIpc) is 2.80. The number of rotatable bonds is 3. The highest BCUT2D eigenvalue weighted by Crippen LogP contribution is 2.25. The zero-order valence-electron chi connectivity index (χ0n) is 10.0. The van der Waals surface area contributed by atoms with E-state index in [0.717, 1.165) is 0 Å². The van der Waals surface area contributed by atoms with Gasteiger partial charge in [0, 0.05) is 22.8 Å². The van der Waals surface area contributed by atoms with E-state index < -0.39 is 4.92 Å². The Balaban J connectivity index is 1.87. The quantitative estimate of drug-likeness (QED) is 0.579. The summed E-state index contributed by atoms with van der Waals surface area (Å²) in [6.07, 6.45) is 0. The number of fused-ring (bicyclic) bond motifs is 1. The van der Waals surface area contributed by atoms with Crippen LogP contribution in [0.15, 0.2) is 46.9 Å². The molecule has 6 nitrogen and oxygen atoms in total. The largest absolute Gasteiger partial charge is 0.423 e. The first-order valence-corrected chi connectivity index (χ1v) is 6.07. The fourth-order valence-electron chi connectivity index (χ4n) is 1.74. The van der Waals surface area contributed by atoms with Crippen LogP contribution in [0.1, 0.15) is 0 Å². The second-order valence-corrected chi connectivity index (χ2v) is 4.50. The van der Waals surface area contributed by atoms with Gasteiger partial charge in [-0.25, -0.2) is 0 Å². The molecule has 0 radical (unpaired) electrons. The molecule has 2 aromatic carbocycles. The van der Waals surface area contributed by atoms with E-state index in [1.54, 1.807) is 30.3 Å². The van der Waals surface area contributed by atoms with E-state index in [2.05, 4.69) is 10.3 Å². The minimum absolute atomic E-state index is 0.0277. The van der Waals surface area contributed by atoms with Crippen LogP contribution in [0, 0.1) is 10.1 Å². The number of nitrogens with one attached hydrogen (secondary N) is 1. The molecular weight excluding hydrogens is 282 g/mol. The summed E-state index contributed by atoms with van der Waals surface area (Å²) in [5.41, 5.74) is 1.92. The van der Waals surface area contributed by atoms with Gasteiger partial charge in [0.2, 0.25) is 0 Å². The fraction of sp³-hybridized carbons (Fsp3) is 0. The van der Waals surface area contributed by atoms with Gasteiger partial charge in [-0.1, -0.05) is 11.6 Å². The standard InChI is InChI=1S/C13H8ClN3O3/c14-8-1-6-12-11(7-8)16-13(20-12)15-9-2-4-10(5-3-9)17(18)19/h1-7H,(H,15,16). The highest BCUT2D eigenvalue weighted by atomic mass is 35.5. The summed E-state index contributed by atoms with van der Waals surface area (Å²) in [6, 6.07) is 11.4. The normalized spacial score (nSPS) is 10.7. The van der Waals surface area contributed by atoms with Crippen molar-refractivity contribution in [3.63, 3.8) is 0 Å². The lowest BCUT2D eigenvalue weighted by atomic mass is 10.3. The van der Waals surface area contributed by atoms with E-state index in [0.29, 0.717) is 27.8 Å². The van der Waals surface area contributed by atoms with E-state index in [9.17, 15) is 10.1 Å². The highest BCUT2D eigenvalue weighted by molar-refractivity contribution is 6.31. The van der Waals surface area contributed by atoms with Crippen LogP contribution in [-0.2, 0) is 0 Å². The monoisotopic (exact) mass is 289 g/mol. The topological polar surface area (TPSA) is 81.2 Å². The zero-order chi connectivity index (χ0) is 14.1. The Kier molecular flexibility index (Phi) is 3.00. The van der Waals surface area contributed by atoms with Crippen LogP contribution in [0.4, 0.5) is 17.4 Å². The average molecular weight is 290 g/mol. The van der Waals surface area contributed by atoms with Gasteiger partial charge in [-0.15, -0.1) is 0 Å². The molecule has 0 aliphatic rings. The number of nitro benzene ring substituents is 1. The van der Waals surface area contributed by atoms with E-state index in [1.165, 1.54) is 12.1 Å². The number of hydrogen-bond acceptors (Lipinski definition) is 5. The molecule has 0 amide bonds. The number of halogens is 1. The third kappa shape index (κ3) is 2.41. The van der Waals surface area contributed by atoms with Crippen molar-refractivity contribution >= 4 is 40.1 Å².